The van der Waals surface area contributed by atoms with E-state index in [1.165, 1.54) is 36.8 Å². The van der Waals surface area contributed by atoms with Gasteiger partial charge in [0, 0.05) is 26.2 Å². The molecule has 2 aliphatic rings. The van der Waals surface area contributed by atoms with Gasteiger partial charge in [0.05, 0.1) is 0 Å². The van der Waals surface area contributed by atoms with Crippen LogP contribution in [0.25, 0.3) is 0 Å². The number of fused-ring (bicyclic) bond motifs is 2. The van der Waals surface area contributed by atoms with Gasteiger partial charge in [0.25, 0.3) is 0 Å². The molecule has 2 amide bonds. The van der Waals surface area contributed by atoms with E-state index in [1.807, 2.05) is 4.90 Å². The summed E-state index contributed by atoms with van der Waals surface area (Å²) in [4.78, 5) is 16.7. The van der Waals surface area contributed by atoms with Crippen molar-refractivity contribution in [2.75, 3.05) is 27.2 Å². The molecule has 1 aliphatic heterocycles. The lowest BCUT2D eigenvalue weighted by Crippen LogP contribution is -2.49. The summed E-state index contributed by atoms with van der Waals surface area (Å²) in [5.74, 6) is 1.47. The largest absolute Gasteiger partial charge is 0.334 e. The lowest BCUT2D eigenvalue weighted by molar-refractivity contribution is 0.103. The highest BCUT2D eigenvalue weighted by Gasteiger charge is 2.32. The number of likely N-dealkylation sites (tertiary alicyclic amines) is 1. The number of carbonyl (C=O) groups excluding carboxylic acids is 1. The third-order valence-corrected chi connectivity index (χ3v) is 5.07. The summed E-state index contributed by atoms with van der Waals surface area (Å²) in [7, 11) is 4.14. The van der Waals surface area contributed by atoms with E-state index in [-0.39, 0.29) is 6.03 Å². The van der Waals surface area contributed by atoms with Crippen LogP contribution in [-0.4, -0.2) is 43.0 Å². The molecule has 2 bridgehead atoms. The first-order valence-corrected chi connectivity index (χ1v) is 8.85. The van der Waals surface area contributed by atoms with Crippen molar-refractivity contribution in [3.63, 3.8) is 0 Å². The van der Waals surface area contributed by atoms with Crippen molar-refractivity contribution in [1.29, 1.82) is 0 Å². The number of piperidine rings is 1. The Balaban J connectivity index is 1.52. The molecule has 0 aromatic heterocycles. The lowest BCUT2D eigenvalue weighted by Gasteiger charge is -2.41. The van der Waals surface area contributed by atoms with E-state index in [4.69, 9.17) is 0 Å². The van der Waals surface area contributed by atoms with Crippen LogP contribution in [0.2, 0.25) is 0 Å². The summed E-state index contributed by atoms with van der Waals surface area (Å²) in [6.45, 7) is 3.44. The first kappa shape index (κ1) is 16.3. The topological polar surface area (TPSA) is 35.6 Å². The van der Waals surface area contributed by atoms with E-state index in [0.717, 1.165) is 31.5 Å². The summed E-state index contributed by atoms with van der Waals surface area (Å²) < 4.78 is 0. The fourth-order valence-electron chi connectivity index (χ4n) is 4.09. The Morgan fingerprint density at radius 3 is 2.61 bits per heavy atom. The smallest absolute Gasteiger partial charge is 0.317 e. The number of benzene rings is 1. The van der Waals surface area contributed by atoms with Crippen molar-refractivity contribution in [2.45, 2.75) is 38.8 Å². The van der Waals surface area contributed by atoms with Gasteiger partial charge in [-0.15, -0.1) is 0 Å². The minimum Gasteiger partial charge on any atom is -0.334 e. The Bertz CT molecular complexity index is 531. The van der Waals surface area contributed by atoms with Gasteiger partial charge in [0.15, 0.2) is 0 Å². The number of hydrogen-bond donors (Lipinski definition) is 1. The highest BCUT2D eigenvalue weighted by Crippen LogP contribution is 2.34. The number of urea groups is 1. The second kappa shape index (κ2) is 7.35. The van der Waals surface area contributed by atoms with E-state index >= 15 is 0 Å². The predicted octanol–water partition coefficient (Wildman–Crippen LogP) is 3.08. The second-order valence-corrected chi connectivity index (χ2v) is 7.52. The van der Waals surface area contributed by atoms with E-state index in [9.17, 15) is 4.79 Å². The van der Waals surface area contributed by atoms with Crippen LogP contribution in [-0.2, 0) is 13.1 Å². The molecule has 1 N–H and O–H groups in total. The first-order valence-electron chi connectivity index (χ1n) is 8.85. The van der Waals surface area contributed by atoms with Crippen LogP contribution >= 0.6 is 0 Å². The van der Waals surface area contributed by atoms with Crippen molar-refractivity contribution >= 4 is 6.03 Å². The molecule has 1 heterocycles. The summed E-state index contributed by atoms with van der Waals surface area (Å²) >= 11 is 0. The van der Waals surface area contributed by atoms with Gasteiger partial charge in [-0.05, 0) is 56.3 Å². The van der Waals surface area contributed by atoms with Gasteiger partial charge in [-0.1, -0.05) is 30.7 Å². The van der Waals surface area contributed by atoms with Crippen LogP contribution in [0, 0.1) is 11.8 Å². The van der Waals surface area contributed by atoms with Crippen LogP contribution in [0.1, 0.15) is 36.8 Å². The van der Waals surface area contributed by atoms with E-state index in [0.29, 0.717) is 6.54 Å². The Morgan fingerprint density at radius 1 is 1.22 bits per heavy atom. The molecule has 4 heteroatoms. The molecule has 4 nitrogen and oxygen atoms in total. The fourth-order valence-corrected chi connectivity index (χ4v) is 4.09. The van der Waals surface area contributed by atoms with Crippen LogP contribution in [0.5, 0.6) is 0 Å². The van der Waals surface area contributed by atoms with Gasteiger partial charge in [-0.2, -0.15) is 0 Å². The van der Waals surface area contributed by atoms with Crippen LogP contribution in [0.4, 0.5) is 4.79 Å². The Morgan fingerprint density at radius 2 is 1.91 bits per heavy atom. The monoisotopic (exact) mass is 315 g/mol. The summed E-state index contributed by atoms with van der Waals surface area (Å²) in [6.07, 6.45) is 5.28. The summed E-state index contributed by atoms with van der Waals surface area (Å²) in [6, 6.07) is 8.60. The number of rotatable bonds is 4. The zero-order valence-corrected chi connectivity index (χ0v) is 14.4. The Labute approximate surface area is 139 Å². The molecule has 2 fully saturated rings. The number of hydrogen-bond acceptors (Lipinski definition) is 2. The Kier molecular flexibility index (Phi) is 5.21. The maximum atomic E-state index is 12.5. The van der Waals surface area contributed by atoms with Gasteiger partial charge >= 0.3 is 6.03 Å². The molecule has 2 unspecified atom stereocenters. The minimum atomic E-state index is 0.111. The minimum absolute atomic E-state index is 0.111. The second-order valence-electron chi connectivity index (χ2n) is 7.52. The van der Waals surface area contributed by atoms with Gasteiger partial charge in [-0.3, -0.25) is 0 Å². The molecule has 0 radical (unpaired) electrons. The molecule has 1 saturated heterocycles. The van der Waals surface area contributed by atoms with Crippen LogP contribution in [0.3, 0.4) is 0 Å². The molecule has 1 aromatic carbocycles. The molecular formula is C19H29N3O. The predicted molar refractivity (Wildman–Crippen MR) is 93.1 cm³/mol. The third kappa shape index (κ3) is 4.47. The molecule has 1 aromatic rings. The number of carbonyl (C=O) groups is 1. The van der Waals surface area contributed by atoms with Gasteiger partial charge in [-0.25, -0.2) is 4.79 Å². The summed E-state index contributed by atoms with van der Waals surface area (Å²) in [5.41, 5.74) is 2.46. The summed E-state index contributed by atoms with van der Waals surface area (Å²) in [5, 5.41) is 3.11. The maximum Gasteiger partial charge on any atom is 0.317 e. The van der Waals surface area contributed by atoms with Gasteiger partial charge in [0.2, 0.25) is 0 Å². The number of nitrogens with zero attached hydrogens (tertiary/aromatic N) is 2. The SMILES string of the molecule is CN(C)Cc1cccc(CNC(=O)N2CC3CCCC(C3)C2)c1. The van der Waals surface area contributed by atoms with Crippen molar-refractivity contribution in [3.8, 4) is 0 Å². The van der Waals surface area contributed by atoms with Crippen molar-refractivity contribution < 1.29 is 4.79 Å². The average Bonchev–Trinajstić information content (AvgIpc) is 2.52. The molecule has 0 spiro atoms. The van der Waals surface area contributed by atoms with Crippen LogP contribution < -0.4 is 5.32 Å². The molecule has 23 heavy (non-hydrogen) atoms. The Hall–Kier alpha value is -1.55. The standard InChI is InChI=1S/C19H29N3O/c1-21(2)12-16-6-3-5-15(9-16)11-20-19(23)22-13-17-7-4-8-18(10-17)14-22/h3,5-6,9,17-18H,4,7-8,10-14H2,1-2H3,(H,20,23). The maximum absolute atomic E-state index is 12.5. The molecule has 126 valence electrons. The average molecular weight is 315 g/mol. The van der Waals surface area contributed by atoms with Crippen LogP contribution in [0.15, 0.2) is 24.3 Å². The molecule has 2 atom stereocenters. The molecule has 3 rings (SSSR count). The van der Waals surface area contributed by atoms with Gasteiger partial charge in [0.1, 0.15) is 0 Å². The zero-order valence-electron chi connectivity index (χ0n) is 14.4. The number of amides is 2. The molecule has 1 saturated carbocycles. The van der Waals surface area contributed by atoms with E-state index < -0.39 is 0 Å². The normalized spacial score (nSPS) is 23.9. The lowest BCUT2D eigenvalue weighted by atomic mass is 9.78. The highest BCUT2D eigenvalue weighted by molar-refractivity contribution is 5.74. The van der Waals surface area contributed by atoms with E-state index in [2.05, 4.69) is 48.6 Å². The first-order chi connectivity index (χ1) is 11.1. The zero-order chi connectivity index (χ0) is 16.2. The van der Waals surface area contributed by atoms with Crippen molar-refractivity contribution in [2.24, 2.45) is 11.8 Å². The van der Waals surface area contributed by atoms with Gasteiger partial charge < -0.3 is 15.1 Å². The van der Waals surface area contributed by atoms with Crippen molar-refractivity contribution in [1.82, 2.24) is 15.1 Å². The molecule has 1 aliphatic carbocycles. The fraction of sp³-hybridized carbons (Fsp3) is 0.632. The third-order valence-electron chi connectivity index (χ3n) is 5.07. The van der Waals surface area contributed by atoms with Crippen molar-refractivity contribution in [3.05, 3.63) is 35.4 Å². The molecular weight excluding hydrogens is 286 g/mol. The quantitative estimate of drug-likeness (QED) is 0.927. The number of nitrogens with one attached hydrogen (secondary N) is 1. The van der Waals surface area contributed by atoms with E-state index in [1.54, 1.807) is 0 Å². The highest BCUT2D eigenvalue weighted by atomic mass is 16.2.